The van der Waals surface area contributed by atoms with Crippen LogP contribution in [0.3, 0.4) is 0 Å². The van der Waals surface area contributed by atoms with Gasteiger partial charge in [0.2, 0.25) is 11.8 Å². The van der Waals surface area contributed by atoms with Gasteiger partial charge in [0.25, 0.3) is 5.56 Å². The smallest absolute Gasteiger partial charge is 0.264 e. The van der Waals surface area contributed by atoms with Gasteiger partial charge in [0.1, 0.15) is 17.0 Å². The molecule has 0 aliphatic heterocycles. The third-order valence-electron chi connectivity index (χ3n) is 5.23. The molecule has 174 valence electrons. The maximum absolute atomic E-state index is 13.1. The average molecular weight is 460 g/mol. The molecular formula is C24H24N6O4. The summed E-state index contributed by atoms with van der Waals surface area (Å²) in [6, 6.07) is 14.4. The van der Waals surface area contributed by atoms with Gasteiger partial charge in [-0.3, -0.25) is 19.0 Å². The van der Waals surface area contributed by atoms with Crippen LogP contribution in [0, 0.1) is 6.92 Å². The lowest BCUT2D eigenvalue weighted by Gasteiger charge is -2.13. The van der Waals surface area contributed by atoms with E-state index in [-0.39, 0.29) is 30.3 Å². The van der Waals surface area contributed by atoms with Crippen LogP contribution >= 0.6 is 0 Å². The first-order chi connectivity index (χ1) is 16.4. The standard InChI is InChI=1S/C24H24N6O4/c1-15-26-23-19(14-25-30(23)18-7-5-4-6-8-18)24(33)29(15)12-11-22(32)28-20-13-17(27-16(2)31)9-10-21(20)34-3/h4-10,13-14H,11-12H2,1-3H3,(H,27,31)(H,28,32). The van der Waals surface area contributed by atoms with Crippen molar-refractivity contribution < 1.29 is 14.3 Å². The number of carbonyl (C=O) groups is 2. The third-order valence-corrected chi connectivity index (χ3v) is 5.23. The highest BCUT2D eigenvalue weighted by molar-refractivity contribution is 5.95. The highest BCUT2D eigenvalue weighted by Crippen LogP contribution is 2.28. The molecule has 0 saturated heterocycles. The van der Waals surface area contributed by atoms with Crippen molar-refractivity contribution in [3.8, 4) is 11.4 Å². The summed E-state index contributed by atoms with van der Waals surface area (Å²) in [4.78, 5) is 41.6. The minimum atomic E-state index is -0.315. The highest BCUT2D eigenvalue weighted by atomic mass is 16.5. The lowest BCUT2D eigenvalue weighted by Crippen LogP contribution is -2.26. The van der Waals surface area contributed by atoms with E-state index in [2.05, 4.69) is 20.7 Å². The first kappa shape index (κ1) is 22.7. The normalized spacial score (nSPS) is 10.8. The third kappa shape index (κ3) is 4.65. The number of hydrogen-bond acceptors (Lipinski definition) is 6. The summed E-state index contributed by atoms with van der Waals surface area (Å²) in [7, 11) is 1.49. The molecule has 4 rings (SSSR count). The number of nitrogens with one attached hydrogen (secondary N) is 2. The summed E-state index contributed by atoms with van der Waals surface area (Å²) in [5.41, 5.74) is 1.95. The van der Waals surface area contributed by atoms with Gasteiger partial charge in [-0.1, -0.05) is 18.2 Å². The summed E-state index contributed by atoms with van der Waals surface area (Å²) in [6.07, 6.45) is 1.53. The number of aromatic nitrogens is 4. The molecule has 4 aromatic rings. The molecule has 0 aliphatic rings. The van der Waals surface area contributed by atoms with Crippen LogP contribution in [0.5, 0.6) is 5.75 Å². The van der Waals surface area contributed by atoms with Gasteiger partial charge < -0.3 is 15.4 Å². The molecule has 0 spiro atoms. The molecule has 0 unspecified atom stereocenters. The molecule has 0 bridgehead atoms. The van der Waals surface area contributed by atoms with Crippen LogP contribution in [0.15, 0.2) is 59.5 Å². The number of benzene rings is 2. The number of rotatable bonds is 7. The number of hydrogen-bond donors (Lipinski definition) is 2. The monoisotopic (exact) mass is 460 g/mol. The molecule has 0 fully saturated rings. The van der Waals surface area contributed by atoms with Gasteiger partial charge >= 0.3 is 0 Å². The molecule has 0 atom stereocenters. The fourth-order valence-electron chi connectivity index (χ4n) is 3.64. The largest absolute Gasteiger partial charge is 0.495 e. The average Bonchev–Trinajstić information content (AvgIpc) is 3.23. The number of nitrogens with zero attached hydrogens (tertiary/aromatic N) is 4. The Hall–Kier alpha value is -4.47. The van der Waals surface area contributed by atoms with Gasteiger partial charge in [-0.25, -0.2) is 9.67 Å². The predicted octanol–water partition coefficient (Wildman–Crippen LogP) is 2.89. The molecule has 10 nitrogen and oxygen atoms in total. The lowest BCUT2D eigenvalue weighted by molar-refractivity contribution is -0.116. The first-order valence-electron chi connectivity index (χ1n) is 10.6. The molecule has 2 aromatic carbocycles. The lowest BCUT2D eigenvalue weighted by atomic mass is 10.2. The maximum atomic E-state index is 13.1. The molecule has 2 aromatic heterocycles. The van der Waals surface area contributed by atoms with Crippen LogP contribution in [0.1, 0.15) is 19.2 Å². The van der Waals surface area contributed by atoms with Crippen molar-refractivity contribution in [2.75, 3.05) is 17.7 Å². The van der Waals surface area contributed by atoms with E-state index in [0.29, 0.717) is 34.0 Å². The molecule has 2 amide bonds. The van der Waals surface area contributed by atoms with Crippen LogP contribution in [0.25, 0.3) is 16.7 Å². The Morgan fingerprint density at radius 2 is 1.85 bits per heavy atom. The second-order valence-electron chi connectivity index (χ2n) is 7.64. The van der Waals surface area contributed by atoms with E-state index in [1.54, 1.807) is 29.8 Å². The second kappa shape index (κ2) is 9.57. The number of amides is 2. The fraction of sp³-hybridized carbons (Fsp3) is 0.208. The minimum absolute atomic E-state index is 0.0360. The zero-order chi connectivity index (χ0) is 24.2. The van der Waals surface area contributed by atoms with Crippen molar-refractivity contribution in [1.29, 1.82) is 0 Å². The quantitative estimate of drug-likeness (QED) is 0.438. The van der Waals surface area contributed by atoms with E-state index in [0.717, 1.165) is 5.69 Å². The van der Waals surface area contributed by atoms with Crippen molar-refractivity contribution in [2.45, 2.75) is 26.8 Å². The second-order valence-corrected chi connectivity index (χ2v) is 7.64. The Morgan fingerprint density at radius 3 is 2.56 bits per heavy atom. The topological polar surface area (TPSA) is 120 Å². The van der Waals surface area contributed by atoms with Gasteiger partial charge in [0.15, 0.2) is 5.65 Å². The molecule has 0 radical (unpaired) electrons. The van der Waals surface area contributed by atoms with E-state index >= 15 is 0 Å². The Bertz CT molecular complexity index is 1420. The van der Waals surface area contributed by atoms with E-state index < -0.39 is 0 Å². The van der Waals surface area contributed by atoms with Crippen LogP contribution in [-0.4, -0.2) is 38.3 Å². The Kier molecular flexibility index (Phi) is 6.39. The minimum Gasteiger partial charge on any atom is -0.495 e. The van der Waals surface area contributed by atoms with Crippen LogP contribution in [0.2, 0.25) is 0 Å². The van der Waals surface area contributed by atoms with Gasteiger partial charge in [-0.2, -0.15) is 5.10 Å². The zero-order valence-corrected chi connectivity index (χ0v) is 19.0. The van der Waals surface area contributed by atoms with Gasteiger partial charge in [-0.05, 0) is 37.3 Å². The molecule has 2 N–H and O–H groups in total. The summed E-state index contributed by atoms with van der Waals surface area (Å²) in [5, 5.41) is 10.1. The van der Waals surface area contributed by atoms with Crippen LogP contribution in [0.4, 0.5) is 11.4 Å². The van der Waals surface area contributed by atoms with Gasteiger partial charge in [-0.15, -0.1) is 0 Å². The molecule has 0 saturated carbocycles. The number of carbonyl (C=O) groups excluding carboxylic acids is 2. The SMILES string of the molecule is COc1ccc(NC(C)=O)cc1NC(=O)CCn1c(C)nc2c(cnn2-c2ccccc2)c1=O. The summed E-state index contributed by atoms with van der Waals surface area (Å²) < 4.78 is 8.37. The van der Waals surface area contributed by atoms with Crippen LogP contribution in [-0.2, 0) is 16.1 Å². The molecular weight excluding hydrogens is 436 g/mol. The first-order valence-corrected chi connectivity index (χ1v) is 10.6. The van der Waals surface area contributed by atoms with E-state index in [4.69, 9.17) is 4.74 Å². The van der Waals surface area contributed by atoms with Crippen LogP contribution < -0.4 is 20.9 Å². The summed E-state index contributed by atoms with van der Waals surface area (Å²) in [6.45, 7) is 3.27. The predicted molar refractivity (Wildman–Crippen MR) is 128 cm³/mol. The van der Waals surface area contributed by atoms with E-state index in [1.165, 1.54) is 24.8 Å². The molecule has 0 aliphatic carbocycles. The van der Waals surface area contributed by atoms with E-state index in [9.17, 15) is 14.4 Å². The number of fused-ring (bicyclic) bond motifs is 1. The Labute approximate surface area is 195 Å². The summed E-state index contributed by atoms with van der Waals surface area (Å²) in [5.74, 6) is 0.390. The Morgan fingerprint density at radius 1 is 1.09 bits per heavy atom. The number of aryl methyl sites for hydroxylation is 1. The molecule has 10 heteroatoms. The van der Waals surface area contributed by atoms with Gasteiger partial charge in [0.05, 0.1) is 24.7 Å². The summed E-state index contributed by atoms with van der Waals surface area (Å²) >= 11 is 0. The number of ether oxygens (including phenoxy) is 1. The molecule has 34 heavy (non-hydrogen) atoms. The fourth-order valence-corrected chi connectivity index (χ4v) is 3.64. The maximum Gasteiger partial charge on any atom is 0.264 e. The Balaban J connectivity index is 1.53. The highest BCUT2D eigenvalue weighted by Gasteiger charge is 2.16. The number of para-hydroxylation sites is 1. The van der Waals surface area contributed by atoms with Crippen molar-refractivity contribution in [1.82, 2.24) is 19.3 Å². The number of methoxy groups -OCH3 is 1. The van der Waals surface area contributed by atoms with Crippen molar-refractivity contribution >= 4 is 34.2 Å². The van der Waals surface area contributed by atoms with Crippen molar-refractivity contribution in [2.24, 2.45) is 0 Å². The van der Waals surface area contributed by atoms with Crippen molar-refractivity contribution in [3.63, 3.8) is 0 Å². The number of anilines is 2. The van der Waals surface area contributed by atoms with E-state index in [1.807, 2.05) is 30.3 Å². The molecule has 2 heterocycles. The zero-order valence-electron chi connectivity index (χ0n) is 19.0. The van der Waals surface area contributed by atoms with Crippen molar-refractivity contribution in [3.05, 3.63) is 70.9 Å². The van der Waals surface area contributed by atoms with Gasteiger partial charge in [0, 0.05) is 25.6 Å².